The highest BCUT2D eigenvalue weighted by Crippen LogP contribution is 2.37. The molecule has 2 heterocycles. The van der Waals surface area contributed by atoms with Crippen LogP contribution in [0.5, 0.6) is 0 Å². The Morgan fingerprint density at radius 2 is 2.04 bits per heavy atom. The quantitative estimate of drug-likeness (QED) is 0.740. The first-order valence-electron chi connectivity index (χ1n) is 8.19. The van der Waals surface area contributed by atoms with Crippen molar-refractivity contribution in [2.45, 2.75) is 25.4 Å². The lowest BCUT2D eigenvalue weighted by molar-refractivity contribution is -0.136. The van der Waals surface area contributed by atoms with Crippen molar-refractivity contribution in [3.63, 3.8) is 0 Å². The van der Waals surface area contributed by atoms with Gasteiger partial charge in [0.15, 0.2) is 9.84 Å². The van der Waals surface area contributed by atoms with Gasteiger partial charge in [-0.1, -0.05) is 29.3 Å². The smallest absolute Gasteiger partial charge is 0.337 e. The summed E-state index contributed by atoms with van der Waals surface area (Å²) in [6, 6.07) is 2.90. The van der Waals surface area contributed by atoms with Crippen LogP contribution in [0.15, 0.2) is 29.5 Å². The van der Waals surface area contributed by atoms with Crippen LogP contribution in [0.4, 0.5) is 4.79 Å². The number of ether oxygens (including phenoxy) is 1. The molecule has 1 aromatic rings. The zero-order valence-electron chi connectivity index (χ0n) is 14.7. The number of allylic oxidation sites excluding steroid dienone is 1. The normalized spacial score (nSPS) is 24.7. The maximum atomic E-state index is 12.8. The monoisotopic (exact) mass is 432 g/mol. The van der Waals surface area contributed by atoms with Crippen LogP contribution >= 0.6 is 23.2 Å². The molecule has 1 fully saturated rings. The SMILES string of the molecule is COC(=O)C1=C(C)N([C@@H]2CCS(=O)(=O)C2)C(=O)N[C@H]1c1ccc(Cl)cc1Cl. The molecule has 0 spiro atoms. The second kappa shape index (κ2) is 7.33. The zero-order chi connectivity index (χ0) is 19.9. The van der Waals surface area contributed by atoms with Crippen LogP contribution in [0.3, 0.4) is 0 Å². The van der Waals surface area contributed by atoms with Crippen LogP contribution in [0, 0.1) is 0 Å². The summed E-state index contributed by atoms with van der Waals surface area (Å²) in [6.45, 7) is 1.60. The van der Waals surface area contributed by atoms with Gasteiger partial charge in [0.05, 0.1) is 36.3 Å². The number of carbonyl (C=O) groups is 2. The molecule has 0 saturated carbocycles. The minimum atomic E-state index is -3.21. The topological polar surface area (TPSA) is 92.8 Å². The van der Waals surface area contributed by atoms with Crippen molar-refractivity contribution >= 4 is 45.0 Å². The van der Waals surface area contributed by atoms with Crippen molar-refractivity contribution in [2.75, 3.05) is 18.6 Å². The van der Waals surface area contributed by atoms with Crippen LogP contribution in [-0.2, 0) is 19.4 Å². The van der Waals surface area contributed by atoms with Gasteiger partial charge in [0, 0.05) is 15.7 Å². The van der Waals surface area contributed by atoms with Gasteiger partial charge in [0.25, 0.3) is 0 Å². The molecule has 0 unspecified atom stereocenters. The summed E-state index contributed by atoms with van der Waals surface area (Å²) < 4.78 is 28.6. The Kier molecular flexibility index (Phi) is 5.42. The molecule has 2 amide bonds. The van der Waals surface area contributed by atoms with E-state index < -0.39 is 33.9 Å². The molecule has 10 heteroatoms. The van der Waals surface area contributed by atoms with Gasteiger partial charge < -0.3 is 10.1 Å². The van der Waals surface area contributed by atoms with Crippen LogP contribution in [-0.4, -0.2) is 50.0 Å². The first-order valence-corrected chi connectivity index (χ1v) is 10.8. The number of amides is 2. The minimum absolute atomic E-state index is 0.00866. The molecule has 1 aromatic carbocycles. The fraction of sp³-hybridized carbons (Fsp3) is 0.412. The Morgan fingerprint density at radius 3 is 2.59 bits per heavy atom. The Hall–Kier alpha value is -1.77. The fourth-order valence-corrected chi connectivity index (χ4v) is 5.74. The third-order valence-electron chi connectivity index (χ3n) is 4.78. The molecule has 7 nitrogen and oxygen atoms in total. The number of hydrogen-bond acceptors (Lipinski definition) is 5. The van der Waals surface area contributed by atoms with E-state index in [1.807, 2.05) is 0 Å². The predicted octanol–water partition coefficient (Wildman–Crippen LogP) is 2.69. The Labute approximate surface area is 167 Å². The number of carbonyl (C=O) groups excluding carboxylic acids is 2. The number of rotatable bonds is 3. The van der Waals surface area contributed by atoms with E-state index >= 15 is 0 Å². The Balaban J connectivity index is 2.09. The largest absolute Gasteiger partial charge is 0.466 e. The van der Waals surface area contributed by atoms with E-state index in [2.05, 4.69) is 5.32 Å². The number of benzene rings is 1. The van der Waals surface area contributed by atoms with Gasteiger partial charge >= 0.3 is 12.0 Å². The molecular weight excluding hydrogens is 415 g/mol. The average molecular weight is 433 g/mol. The molecule has 2 aliphatic rings. The molecule has 146 valence electrons. The highest BCUT2D eigenvalue weighted by Gasteiger charge is 2.43. The van der Waals surface area contributed by atoms with Crippen LogP contribution in [0.2, 0.25) is 10.0 Å². The summed E-state index contributed by atoms with van der Waals surface area (Å²) in [4.78, 5) is 26.6. The maximum Gasteiger partial charge on any atom is 0.337 e. The third-order valence-corrected chi connectivity index (χ3v) is 7.09. The summed E-state index contributed by atoms with van der Waals surface area (Å²) >= 11 is 12.2. The average Bonchev–Trinajstić information content (AvgIpc) is 2.93. The molecule has 3 rings (SSSR count). The second-order valence-electron chi connectivity index (χ2n) is 6.47. The van der Waals surface area contributed by atoms with Crippen molar-refractivity contribution in [1.29, 1.82) is 0 Å². The van der Waals surface area contributed by atoms with Gasteiger partial charge in [-0.15, -0.1) is 0 Å². The predicted molar refractivity (Wildman–Crippen MR) is 101 cm³/mol. The fourth-order valence-electron chi connectivity index (χ4n) is 3.52. The van der Waals surface area contributed by atoms with E-state index in [9.17, 15) is 18.0 Å². The van der Waals surface area contributed by atoms with E-state index in [4.69, 9.17) is 27.9 Å². The van der Waals surface area contributed by atoms with Gasteiger partial charge in [-0.05, 0) is 31.0 Å². The Morgan fingerprint density at radius 1 is 1.33 bits per heavy atom. The van der Waals surface area contributed by atoms with Crippen molar-refractivity contribution in [2.24, 2.45) is 0 Å². The lowest BCUT2D eigenvalue weighted by Crippen LogP contribution is -2.52. The van der Waals surface area contributed by atoms with Gasteiger partial charge in [-0.3, -0.25) is 4.90 Å². The van der Waals surface area contributed by atoms with E-state index in [-0.39, 0.29) is 17.1 Å². The number of methoxy groups -OCH3 is 1. The van der Waals surface area contributed by atoms with Gasteiger partial charge in [-0.2, -0.15) is 0 Å². The van der Waals surface area contributed by atoms with E-state index in [1.165, 1.54) is 18.1 Å². The molecule has 0 aliphatic carbocycles. The highest BCUT2D eigenvalue weighted by molar-refractivity contribution is 7.91. The highest BCUT2D eigenvalue weighted by atomic mass is 35.5. The maximum absolute atomic E-state index is 12.8. The van der Waals surface area contributed by atoms with E-state index in [0.717, 1.165) is 0 Å². The number of esters is 1. The van der Waals surface area contributed by atoms with Crippen LogP contribution in [0.25, 0.3) is 0 Å². The molecule has 2 aliphatic heterocycles. The minimum Gasteiger partial charge on any atom is -0.466 e. The molecule has 1 saturated heterocycles. The van der Waals surface area contributed by atoms with Crippen molar-refractivity contribution in [1.82, 2.24) is 10.2 Å². The van der Waals surface area contributed by atoms with Crippen molar-refractivity contribution in [3.8, 4) is 0 Å². The molecule has 27 heavy (non-hydrogen) atoms. The summed E-state index contributed by atoms with van der Waals surface area (Å²) in [5.41, 5.74) is 1.04. The van der Waals surface area contributed by atoms with Crippen molar-refractivity contribution in [3.05, 3.63) is 45.1 Å². The number of nitrogens with zero attached hydrogens (tertiary/aromatic N) is 1. The number of halogens is 2. The van der Waals surface area contributed by atoms with Crippen LogP contribution < -0.4 is 5.32 Å². The summed E-state index contributed by atoms with van der Waals surface area (Å²) in [6.07, 6.45) is 0.313. The molecule has 0 radical (unpaired) electrons. The van der Waals surface area contributed by atoms with Crippen LogP contribution in [0.1, 0.15) is 24.9 Å². The standard InChI is InChI=1S/C17H18Cl2N2O5S/c1-9-14(16(22)26-2)15(12-4-3-10(18)7-13(12)19)20-17(23)21(9)11-5-6-27(24,25)8-11/h3-4,7,11,15H,5-6,8H2,1-2H3,(H,20,23)/t11-,15+/m1/s1. The van der Waals surface area contributed by atoms with Gasteiger partial charge in [0.2, 0.25) is 0 Å². The number of urea groups is 1. The number of hydrogen-bond donors (Lipinski definition) is 1. The Bertz CT molecular complexity index is 945. The summed E-state index contributed by atoms with van der Waals surface area (Å²) in [7, 11) is -1.97. The first-order chi connectivity index (χ1) is 12.6. The van der Waals surface area contributed by atoms with Gasteiger partial charge in [0.1, 0.15) is 0 Å². The molecule has 0 bridgehead atoms. The number of nitrogens with one attached hydrogen (secondary N) is 1. The zero-order valence-corrected chi connectivity index (χ0v) is 17.0. The molecule has 2 atom stereocenters. The lowest BCUT2D eigenvalue weighted by Gasteiger charge is -2.38. The van der Waals surface area contributed by atoms with E-state index in [1.54, 1.807) is 19.1 Å². The van der Waals surface area contributed by atoms with Gasteiger partial charge in [-0.25, -0.2) is 18.0 Å². The first kappa shape index (κ1) is 20.0. The molecule has 0 aromatic heterocycles. The second-order valence-corrected chi connectivity index (χ2v) is 9.54. The lowest BCUT2D eigenvalue weighted by atomic mass is 9.94. The van der Waals surface area contributed by atoms with Crippen molar-refractivity contribution < 1.29 is 22.7 Å². The molecule has 1 N–H and O–H groups in total. The molecular formula is C17H18Cl2N2O5S. The van der Waals surface area contributed by atoms with E-state index in [0.29, 0.717) is 27.7 Å². The summed E-state index contributed by atoms with van der Waals surface area (Å²) in [5.74, 6) is -0.762. The third kappa shape index (κ3) is 3.79. The summed E-state index contributed by atoms with van der Waals surface area (Å²) in [5, 5.41) is 3.46. The number of sulfone groups is 1.